The number of hydrazine groups is 1. The summed E-state index contributed by atoms with van der Waals surface area (Å²) in [6.07, 6.45) is 3.27. The average Bonchev–Trinajstić information content (AvgIpc) is 3.12. The highest BCUT2D eigenvalue weighted by atomic mass is 16.6. The van der Waals surface area contributed by atoms with Gasteiger partial charge in [-0.25, -0.2) is 9.97 Å². The lowest BCUT2D eigenvalue weighted by Gasteiger charge is -2.13. The van der Waals surface area contributed by atoms with Crippen LogP contribution in [0.5, 0.6) is 0 Å². The Morgan fingerprint density at radius 3 is 2.71 bits per heavy atom. The summed E-state index contributed by atoms with van der Waals surface area (Å²) < 4.78 is 5.51. The summed E-state index contributed by atoms with van der Waals surface area (Å²) in [5.41, 5.74) is 6.20. The van der Waals surface area contributed by atoms with E-state index in [9.17, 15) is 10.1 Å². The minimum Gasteiger partial charge on any atom is -0.376 e. The van der Waals surface area contributed by atoms with Crippen molar-refractivity contribution in [3.05, 3.63) is 46.8 Å². The normalized spacial score (nSPS) is 16.6. The van der Waals surface area contributed by atoms with Gasteiger partial charge in [0.15, 0.2) is 0 Å². The van der Waals surface area contributed by atoms with Crippen molar-refractivity contribution in [1.82, 2.24) is 9.97 Å². The molecule has 0 bridgehead atoms. The number of nitrogens with zero attached hydrogens (tertiary/aromatic N) is 3. The molecule has 1 atom stereocenters. The maximum Gasteiger partial charge on any atom is 0.354 e. The molecule has 1 saturated heterocycles. The Morgan fingerprint density at radius 2 is 2.00 bits per heavy atom. The summed E-state index contributed by atoms with van der Waals surface area (Å²) in [6.45, 7) is 1.20. The highest BCUT2D eigenvalue weighted by Gasteiger charge is 2.24. The SMILES string of the molecule is O=[N+]([O-])c1c(NCC2CCCO2)ncnc1NNc1ccccc1. The van der Waals surface area contributed by atoms with Crippen molar-refractivity contribution in [3.63, 3.8) is 0 Å². The number of hydrogen-bond acceptors (Lipinski definition) is 8. The quantitative estimate of drug-likeness (QED) is 0.524. The van der Waals surface area contributed by atoms with Gasteiger partial charge in [0.05, 0.1) is 16.7 Å². The van der Waals surface area contributed by atoms with Crippen LogP contribution in [0.4, 0.5) is 23.0 Å². The molecule has 0 amide bonds. The van der Waals surface area contributed by atoms with Crippen LogP contribution in [-0.4, -0.2) is 34.1 Å². The van der Waals surface area contributed by atoms with Gasteiger partial charge in [0.25, 0.3) is 0 Å². The number of hydrogen-bond donors (Lipinski definition) is 3. The highest BCUT2D eigenvalue weighted by Crippen LogP contribution is 2.29. The third-order valence-corrected chi connectivity index (χ3v) is 3.63. The highest BCUT2D eigenvalue weighted by molar-refractivity contribution is 5.70. The molecule has 3 rings (SSSR count). The van der Waals surface area contributed by atoms with E-state index in [4.69, 9.17) is 4.74 Å². The molecule has 2 aromatic rings. The second-order valence-electron chi connectivity index (χ2n) is 5.31. The van der Waals surface area contributed by atoms with Crippen LogP contribution in [0, 0.1) is 10.1 Å². The van der Waals surface area contributed by atoms with Gasteiger partial charge in [-0.3, -0.25) is 21.0 Å². The molecule has 2 heterocycles. The van der Waals surface area contributed by atoms with Crippen LogP contribution in [-0.2, 0) is 4.74 Å². The van der Waals surface area contributed by atoms with Crippen LogP contribution in [0.1, 0.15) is 12.8 Å². The maximum atomic E-state index is 11.4. The molecule has 0 spiro atoms. The number of para-hydroxylation sites is 1. The van der Waals surface area contributed by atoms with Crippen LogP contribution in [0.2, 0.25) is 0 Å². The van der Waals surface area contributed by atoms with Crippen LogP contribution in [0.15, 0.2) is 36.7 Å². The molecule has 9 heteroatoms. The summed E-state index contributed by atoms with van der Waals surface area (Å²) >= 11 is 0. The van der Waals surface area contributed by atoms with E-state index in [1.165, 1.54) is 6.33 Å². The molecule has 0 radical (unpaired) electrons. The fourth-order valence-corrected chi connectivity index (χ4v) is 2.44. The number of ether oxygens (including phenoxy) is 1. The van der Waals surface area contributed by atoms with E-state index in [-0.39, 0.29) is 23.4 Å². The number of benzene rings is 1. The second kappa shape index (κ2) is 7.55. The zero-order valence-corrected chi connectivity index (χ0v) is 12.9. The van der Waals surface area contributed by atoms with Crippen LogP contribution in [0.25, 0.3) is 0 Å². The smallest absolute Gasteiger partial charge is 0.354 e. The minimum absolute atomic E-state index is 0.0541. The van der Waals surface area contributed by atoms with Crippen molar-refractivity contribution >= 4 is 23.0 Å². The lowest BCUT2D eigenvalue weighted by atomic mass is 10.2. The Hall–Kier alpha value is -2.94. The van der Waals surface area contributed by atoms with Gasteiger partial charge in [-0.2, -0.15) is 0 Å². The molecular formula is C15H18N6O3. The van der Waals surface area contributed by atoms with Gasteiger partial charge in [-0.05, 0) is 25.0 Å². The first-order valence-electron chi connectivity index (χ1n) is 7.66. The molecule has 1 aromatic carbocycles. The van der Waals surface area contributed by atoms with Gasteiger partial charge < -0.3 is 10.1 Å². The lowest BCUT2D eigenvalue weighted by Crippen LogP contribution is -2.20. The predicted octanol–water partition coefficient (Wildman–Crippen LogP) is 2.41. The fraction of sp³-hybridized carbons (Fsp3) is 0.333. The van der Waals surface area contributed by atoms with E-state index >= 15 is 0 Å². The molecule has 1 aliphatic rings. The van der Waals surface area contributed by atoms with E-state index < -0.39 is 4.92 Å². The van der Waals surface area contributed by atoms with Gasteiger partial charge in [0, 0.05) is 13.2 Å². The maximum absolute atomic E-state index is 11.4. The molecule has 0 aliphatic carbocycles. The van der Waals surface area contributed by atoms with Gasteiger partial charge in [-0.15, -0.1) is 0 Å². The molecule has 3 N–H and O–H groups in total. The van der Waals surface area contributed by atoms with Gasteiger partial charge in [-0.1, -0.05) is 18.2 Å². The van der Waals surface area contributed by atoms with Gasteiger partial charge in [0.2, 0.25) is 11.6 Å². The monoisotopic (exact) mass is 330 g/mol. The molecule has 0 saturated carbocycles. The standard InChI is InChI=1S/C15H18N6O3/c22-21(23)13-14(16-9-12-7-4-8-24-12)17-10-18-15(13)20-19-11-5-2-1-3-6-11/h1-3,5-6,10,12,19H,4,7-9H2,(H2,16,17,18,20). The molecule has 1 fully saturated rings. The van der Waals surface area contributed by atoms with Crippen molar-refractivity contribution in [3.8, 4) is 0 Å². The summed E-state index contributed by atoms with van der Waals surface area (Å²) in [5, 5.41) is 14.4. The van der Waals surface area contributed by atoms with Crippen molar-refractivity contribution in [2.24, 2.45) is 0 Å². The Kier molecular flexibility index (Phi) is 5.02. The van der Waals surface area contributed by atoms with E-state index in [0.29, 0.717) is 6.54 Å². The Morgan fingerprint density at radius 1 is 1.21 bits per heavy atom. The Balaban J connectivity index is 1.73. The minimum atomic E-state index is -0.507. The topological polar surface area (TPSA) is 114 Å². The number of anilines is 3. The first-order valence-corrected chi connectivity index (χ1v) is 7.66. The molecule has 1 aliphatic heterocycles. The fourth-order valence-electron chi connectivity index (χ4n) is 2.44. The molecule has 24 heavy (non-hydrogen) atoms. The second-order valence-corrected chi connectivity index (χ2v) is 5.31. The predicted molar refractivity (Wildman–Crippen MR) is 89.8 cm³/mol. The van der Waals surface area contributed by atoms with E-state index in [1.807, 2.05) is 30.3 Å². The first-order chi connectivity index (χ1) is 11.7. The van der Waals surface area contributed by atoms with E-state index in [2.05, 4.69) is 26.1 Å². The van der Waals surface area contributed by atoms with E-state index in [1.54, 1.807) is 0 Å². The summed E-state index contributed by atoms with van der Waals surface area (Å²) in [5.74, 6) is 0.261. The Bertz CT molecular complexity index is 691. The summed E-state index contributed by atoms with van der Waals surface area (Å²) in [4.78, 5) is 18.9. The number of nitro groups is 1. The molecule has 9 nitrogen and oxygen atoms in total. The van der Waals surface area contributed by atoms with Gasteiger partial charge in [0.1, 0.15) is 6.33 Å². The lowest BCUT2D eigenvalue weighted by molar-refractivity contribution is -0.383. The number of rotatable bonds is 7. The zero-order chi connectivity index (χ0) is 16.8. The van der Waals surface area contributed by atoms with Gasteiger partial charge >= 0.3 is 5.69 Å². The summed E-state index contributed by atoms with van der Waals surface area (Å²) in [6, 6.07) is 9.25. The Labute approximate surface area is 138 Å². The van der Waals surface area contributed by atoms with E-state index in [0.717, 1.165) is 25.1 Å². The average molecular weight is 330 g/mol. The molecular weight excluding hydrogens is 312 g/mol. The van der Waals surface area contributed by atoms with Crippen LogP contribution < -0.4 is 16.2 Å². The van der Waals surface area contributed by atoms with Crippen molar-refractivity contribution in [1.29, 1.82) is 0 Å². The van der Waals surface area contributed by atoms with Crippen LogP contribution >= 0.6 is 0 Å². The first kappa shape index (κ1) is 15.9. The molecule has 1 unspecified atom stereocenters. The third kappa shape index (κ3) is 3.87. The largest absolute Gasteiger partial charge is 0.376 e. The summed E-state index contributed by atoms with van der Waals surface area (Å²) in [7, 11) is 0. The molecule has 1 aromatic heterocycles. The van der Waals surface area contributed by atoms with Crippen molar-refractivity contribution < 1.29 is 9.66 Å². The van der Waals surface area contributed by atoms with Crippen molar-refractivity contribution in [2.75, 3.05) is 29.3 Å². The zero-order valence-electron chi connectivity index (χ0n) is 12.9. The number of aromatic nitrogens is 2. The third-order valence-electron chi connectivity index (χ3n) is 3.63. The van der Waals surface area contributed by atoms with Crippen LogP contribution in [0.3, 0.4) is 0 Å². The van der Waals surface area contributed by atoms with Crippen molar-refractivity contribution in [2.45, 2.75) is 18.9 Å². The molecule has 126 valence electrons. The number of nitrogens with one attached hydrogen (secondary N) is 3.